The van der Waals surface area contributed by atoms with Gasteiger partial charge in [-0.05, 0) is 31.6 Å². The summed E-state index contributed by atoms with van der Waals surface area (Å²) in [4.78, 5) is 0. The Morgan fingerprint density at radius 2 is 2.10 bits per heavy atom. The minimum absolute atomic E-state index is 0.0529. The SMILES string of the molecule is CCCCOCCCNS(=O)(=O)N1CCCC(CO)C1. The van der Waals surface area contributed by atoms with Gasteiger partial charge in [0.2, 0.25) is 0 Å². The zero-order valence-corrected chi connectivity index (χ0v) is 13.2. The lowest BCUT2D eigenvalue weighted by Gasteiger charge is -2.30. The lowest BCUT2D eigenvalue weighted by atomic mass is 10.0. The van der Waals surface area contributed by atoms with Crippen molar-refractivity contribution in [3.63, 3.8) is 0 Å². The molecule has 120 valence electrons. The average molecular weight is 308 g/mol. The normalized spacial score (nSPS) is 21.2. The van der Waals surface area contributed by atoms with Gasteiger partial charge >= 0.3 is 0 Å². The molecule has 7 heteroatoms. The van der Waals surface area contributed by atoms with Gasteiger partial charge in [0.25, 0.3) is 10.2 Å². The topological polar surface area (TPSA) is 78.9 Å². The van der Waals surface area contributed by atoms with Gasteiger partial charge in [0, 0.05) is 39.5 Å². The lowest BCUT2D eigenvalue weighted by Crippen LogP contribution is -2.46. The highest BCUT2D eigenvalue weighted by atomic mass is 32.2. The second-order valence-electron chi connectivity index (χ2n) is 5.27. The maximum Gasteiger partial charge on any atom is 0.279 e. The maximum absolute atomic E-state index is 12.1. The second kappa shape index (κ2) is 9.68. The van der Waals surface area contributed by atoms with Gasteiger partial charge in [-0.25, -0.2) is 4.72 Å². The number of aliphatic hydroxyl groups is 1. The smallest absolute Gasteiger partial charge is 0.279 e. The maximum atomic E-state index is 12.1. The number of rotatable bonds is 10. The molecule has 0 amide bonds. The summed E-state index contributed by atoms with van der Waals surface area (Å²) in [5.41, 5.74) is 0. The summed E-state index contributed by atoms with van der Waals surface area (Å²) in [7, 11) is -3.41. The van der Waals surface area contributed by atoms with E-state index in [4.69, 9.17) is 9.84 Å². The van der Waals surface area contributed by atoms with Gasteiger partial charge in [0.1, 0.15) is 0 Å². The number of aliphatic hydroxyl groups excluding tert-OH is 1. The molecule has 0 saturated carbocycles. The molecule has 1 rings (SSSR count). The third kappa shape index (κ3) is 6.49. The zero-order chi connectivity index (χ0) is 14.8. The van der Waals surface area contributed by atoms with E-state index in [-0.39, 0.29) is 12.5 Å². The minimum Gasteiger partial charge on any atom is -0.396 e. The molecular weight excluding hydrogens is 280 g/mol. The number of nitrogens with one attached hydrogen (secondary N) is 1. The molecule has 1 fully saturated rings. The van der Waals surface area contributed by atoms with Gasteiger partial charge in [-0.3, -0.25) is 0 Å². The van der Waals surface area contributed by atoms with Gasteiger partial charge in [-0.1, -0.05) is 13.3 Å². The molecule has 1 saturated heterocycles. The highest BCUT2D eigenvalue weighted by molar-refractivity contribution is 7.87. The summed E-state index contributed by atoms with van der Waals surface area (Å²) in [6.45, 7) is 4.84. The van der Waals surface area contributed by atoms with E-state index in [1.54, 1.807) is 0 Å². The van der Waals surface area contributed by atoms with Gasteiger partial charge in [-0.15, -0.1) is 0 Å². The number of unbranched alkanes of at least 4 members (excludes halogenated alkanes) is 1. The van der Waals surface area contributed by atoms with Crippen LogP contribution in [0.25, 0.3) is 0 Å². The van der Waals surface area contributed by atoms with E-state index in [1.165, 1.54) is 4.31 Å². The molecule has 2 N–H and O–H groups in total. The molecule has 0 aromatic rings. The van der Waals surface area contributed by atoms with E-state index in [0.29, 0.717) is 32.7 Å². The first-order valence-corrected chi connectivity index (χ1v) is 8.97. The first kappa shape index (κ1) is 17.8. The highest BCUT2D eigenvalue weighted by Gasteiger charge is 2.27. The molecule has 0 spiro atoms. The summed E-state index contributed by atoms with van der Waals surface area (Å²) in [6.07, 6.45) is 4.54. The minimum atomic E-state index is -3.41. The predicted octanol–water partition coefficient (Wildman–Crippen LogP) is 0.732. The quantitative estimate of drug-likeness (QED) is 0.583. The van der Waals surface area contributed by atoms with Crippen LogP contribution >= 0.6 is 0 Å². The molecule has 1 heterocycles. The Morgan fingerprint density at radius 3 is 2.80 bits per heavy atom. The Balaban J connectivity index is 2.20. The van der Waals surface area contributed by atoms with Gasteiger partial charge in [-0.2, -0.15) is 12.7 Å². The lowest BCUT2D eigenvalue weighted by molar-refractivity contribution is 0.129. The molecule has 1 atom stereocenters. The standard InChI is InChI=1S/C13H28N2O4S/c1-2-3-9-19-10-5-7-14-20(17,18)15-8-4-6-13(11-15)12-16/h13-14,16H,2-12H2,1H3. The van der Waals surface area contributed by atoms with Gasteiger partial charge in [0.15, 0.2) is 0 Å². The van der Waals surface area contributed by atoms with Crippen LogP contribution in [-0.4, -0.2) is 57.3 Å². The summed E-state index contributed by atoms with van der Waals surface area (Å²) in [5.74, 6) is 0.0673. The van der Waals surface area contributed by atoms with Crippen LogP contribution in [0.3, 0.4) is 0 Å². The zero-order valence-electron chi connectivity index (χ0n) is 12.4. The van der Waals surface area contributed by atoms with Crippen LogP contribution in [0.4, 0.5) is 0 Å². The Bertz CT molecular complexity index is 348. The van der Waals surface area contributed by atoms with E-state index in [9.17, 15) is 8.42 Å². The predicted molar refractivity (Wildman–Crippen MR) is 78.6 cm³/mol. The third-order valence-corrected chi connectivity index (χ3v) is 5.05. The molecule has 0 aromatic carbocycles. The number of piperidine rings is 1. The average Bonchev–Trinajstić information content (AvgIpc) is 2.46. The monoisotopic (exact) mass is 308 g/mol. The fraction of sp³-hybridized carbons (Fsp3) is 1.00. The van der Waals surface area contributed by atoms with Gasteiger partial charge < -0.3 is 9.84 Å². The van der Waals surface area contributed by atoms with E-state index >= 15 is 0 Å². The van der Waals surface area contributed by atoms with Gasteiger partial charge in [0.05, 0.1) is 0 Å². The Kier molecular flexibility index (Phi) is 8.63. The van der Waals surface area contributed by atoms with Crippen LogP contribution in [0, 0.1) is 5.92 Å². The summed E-state index contributed by atoms with van der Waals surface area (Å²) in [5, 5.41) is 9.13. The highest BCUT2D eigenvalue weighted by Crippen LogP contribution is 2.17. The first-order chi connectivity index (χ1) is 9.60. The fourth-order valence-corrected chi connectivity index (χ4v) is 3.57. The largest absolute Gasteiger partial charge is 0.396 e. The molecule has 0 aliphatic carbocycles. The Hall–Kier alpha value is -0.210. The molecule has 0 aromatic heterocycles. The van der Waals surface area contributed by atoms with Crippen LogP contribution in [-0.2, 0) is 14.9 Å². The van der Waals surface area contributed by atoms with Crippen molar-refractivity contribution >= 4 is 10.2 Å². The third-order valence-electron chi connectivity index (χ3n) is 3.47. The molecular formula is C13H28N2O4S. The van der Waals surface area contributed by atoms with Crippen molar-refractivity contribution in [2.75, 3.05) is 39.5 Å². The van der Waals surface area contributed by atoms with E-state index in [0.717, 1.165) is 32.3 Å². The number of ether oxygens (including phenoxy) is 1. The Labute approximate surface area is 122 Å². The summed E-state index contributed by atoms with van der Waals surface area (Å²) < 4.78 is 33.6. The molecule has 1 aliphatic rings. The molecule has 20 heavy (non-hydrogen) atoms. The molecule has 6 nitrogen and oxygen atoms in total. The van der Waals surface area contributed by atoms with Crippen molar-refractivity contribution < 1.29 is 18.3 Å². The van der Waals surface area contributed by atoms with Crippen molar-refractivity contribution in [2.45, 2.75) is 39.0 Å². The van der Waals surface area contributed by atoms with Crippen LogP contribution in [0.15, 0.2) is 0 Å². The van der Waals surface area contributed by atoms with Crippen molar-refractivity contribution in [1.82, 2.24) is 9.03 Å². The van der Waals surface area contributed by atoms with Crippen LogP contribution in [0.5, 0.6) is 0 Å². The summed E-state index contributed by atoms with van der Waals surface area (Å²) >= 11 is 0. The van der Waals surface area contributed by atoms with E-state index < -0.39 is 10.2 Å². The van der Waals surface area contributed by atoms with E-state index in [2.05, 4.69) is 11.6 Å². The molecule has 0 radical (unpaired) electrons. The van der Waals surface area contributed by atoms with Crippen LogP contribution < -0.4 is 4.72 Å². The number of nitrogens with zero attached hydrogens (tertiary/aromatic N) is 1. The van der Waals surface area contributed by atoms with Crippen molar-refractivity contribution in [2.24, 2.45) is 5.92 Å². The Morgan fingerprint density at radius 1 is 1.35 bits per heavy atom. The van der Waals surface area contributed by atoms with E-state index in [1.807, 2.05) is 0 Å². The molecule has 0 bridgehead atoms. The summed E-state index contributed by atoms with van der Waals surface area (Å²) in [6, 6.07) is 0. The molecule has 1 unspecified atom stereocenters. The number of hydrogen-bond acceptors (Lipinski definition) is 4. The fourth-order valence-electron chi connectivity index (χ4n) is 2.21. The van der Waals surface area contributed by atoms with Crippen molar-refractivity contribution in [1.29, 1.82) is 0 Å². The van der Waals surface area contributed by atoms with Crippen molar-refractivity contribution in [3.8, 4) is 0 Å². The second-order valence-corrected chi connectivity index (χ2v) is 7.02. The van der Waals surface area contributed by atoms with Crippen LogP contribution in [0.1, 0.15) is 39.0 Å². The van der Waals surface area contributed by atoms with Crippen molar-refractivity contribution in [3.05, 3.63) is 0 Å². The van der Waals surface area contributed by atoms with Crippen LogP contribution in [0.2, 0.25) is 0 Å². The molecule has 1 aliphatic heterocycles. The number of hydrogen-bond donors (Lipinski definition) is 2. The first-order valence-electron chi connectivity index (χ1n) is 7.53.